The smallest absolute Gasteiger partial charge is 0.225 e. The molecule has 5 heteroatoms. The van der Waals surface area contributed by atoms with Crippen LogP contribution < -0.4 is 15.5 Å². The summed E-state index contributed by atoms with van der Waals surface area (Å²) in [5.74, 6) is 1.37. The Balaban J connectivity index is 1.94. The minimum atomic E-state index is -0.125. The van der Waals surface area contributed by atoms with E-state index in [1.165, 1.54) is 0 Å². The van der Waals surface area contributed by atoms with Gasteiger partial charge in [-0.15, -0.1) is 0 Å². The molecule has 0 radical (unpaired) electrons. The number of aromatic nitrogens is 2. The molecule has 0 unspecified atom stereocenters. The average molecular weight is 361 g/mol. The summed E-state index contributed by atoms with van der Waals surface area (Å²) in [5, 5.41) is 6.77. The summed E-state index contributed by atoms with van der Waals surface area (Å²) in [6, 6.07) is 20.4. The molecule has 0 fully saturated rings. The van der Waals surface area contributed by atoms with Crippen molar-refractivity contribution in [3.05, 3.63) is 60.7 Å². The lowest BCUT2D eigenvalue weighted by Gasteiger charge is -2.21. The van der Waals surface area contributed by atoms with Gasteiger partial charge in [0.15, 0.2) is 0 Å². The molecule has 27 heavy (non-hydrogen) atoms. The van der Waals surface area contributed by atoms with Crippen molar-refractivity contribution in [2.24, 2.45) is 0 Å². The largest absolute Gasteiger partial charge is 0.378 e. The molecule has 0 amide bonds. The predicted molar refractivity (Wildman–Crippen MR) is 115 cm³/mol. The highest BCUT2D eigenvalue weighted by atomic mass is 15.2. The molecule has 1 aromatic heterocycles. The summed E-state index contributed by atoms with van der Waals surface area (Å²) < 4.78 is 0. The molecular formula is C22H27N5. The molecule has 3 aromatic rings. The summed E-state index contributed by atoms with van der Waals surface area (Å²) >= 11 is 0. The highest BCUT2D eigenvalue weighted by Crippen LogP contribution is 2.25. The van der Waals surface area contributed by atoms with Crippen LogP contribution in [0.2, 0.25) is 0 Å². The first-order valence-electron chi connectivity index (χ1n) is 9.07. The molecule has 5 nitrogen and oxygen atoms in total. The summed E-state index contributed by atoms with van der Waals surface area (Å²) in [6.45, 7) is 6.29. The minimum absolute atomic E-state index is 0.125. The summed E-state index contributed by atoms with van der Waals surface area (Å²) in [5.41, 5.74) is 3.95. The van der Waals surface area contributed by atoms with E-state index in [2.05, 4.69) is 77.7 Å². The molecule has 0 aliphatic heterocycles. The fourth-order valence-electron chi connectivity index (χ4n) is 2.65. The van der Waals surface area contributed by atoms with Crippen molar-refractivity contribution in [1.29, 1.82) is 0 Å². The number of nitrogens with one attached hydrogen (secondary N) is 2. The molecule has 0 aliphatic carbocycles. The second-order valence-corrected chi connectivity index (χ2v) is 7.77. The number of nitrogens with zero attached hydrogens (tertiary/aromatic N) is 3. The first kappa shape index (κ1) is 18.7. The van der Waals surface area contributed by atoms with Crippen molar-refractivity contribution in [3.63, 3.8) is 0 Å². The van der Waals surface area contributed by atoms with E-state index >= 15 is 0 Å². The van der Waals surface area contributed by atoms with Gasteiger partial charge in [0.2, 0.25) is 5.95 Å². The Labute approximate surface area is 161 Å². The van der Waals surface area contributed by atoms with Crippen LogP contribution in [-0.2, 0) is 0 Å². The van der Waals surface area contributed by atoms with Gasteiger partial charge in [-0.05, 0) is 45.0 Å². The molecule has 3 rings (SSSR count). The molecule has 0 saturated heterocycles. The number of anilines is 4. The first-order valence-corrected chi connectivity index (χ1v) is 9.07. The van der Waals surface area contributed by atoms with Gasteiger partial charge in [0.1, 0.15) is 5.82 Å². The molecule has 1 heterocycles. The average Bonchev–Trinajstić information content (AvgIpc) is 2.61. The van der Waals surface area contributed by atoms with Gasteiger partial charge in [-0.25, -0.2) is 4.98 Å². The maximum absolute atomic E-state index is 4.70. The van der Waals surface area contributed by atoms with Crippen LogP contribution in [0, 0.1) is 0 Å². The Bertz CT molecular complexity index is 881. The number of benzene rings is 2. The van der Waals surface area contributed by atoms with Crippen molar-refractivity contribution in [2.45, 2.75) is 26.3 Å². The second kappa shape index (κ2) is 7.66. The van der Waals surface area contributed by atoms with E-state index in [-0.39, 0.29) is 5.54 Å². The Kier molecular flexibility index (Phi) is 5.31. The highest BCUT2D eigenvalue weighted by Gasteiger charge is 2.14. The molecule has 2 aromatic carbocycles. The lowest BCUT2D eigenvalue weighted by Crippen LogP contribution is -2.27. The van der Waals surface area contributed by atoms with E-state index < -0.39 is 0 Å². The van der Waals surface area contributed by atoms with Gasteiger partial charge in [-0.1, -0.05) is 30.3 Å². The van der Waals surface area contributed by atoms with Gasteiger partial charge in [0, 0.05) is 42.6 Å². The molecule has 2 N–H and O–H groups in total. The van der Waals surface area contributed by atoms with Gasteiger partial charge in [-0.3, -0.25) is 0 Å². The Morgan fingerprint density at radius 3 is 2.11 bits per heavy atom. The molecule has 140 valence electrons. The third-order valence-electron chi connectivity index (χ3n) is 3.94. The van der Waals surface area contributed by atoms with Crippen LogP contribution in [0.15, 0.2) is 60.7 Å². The van der Waals surface area contributed by atoms with Crippen LogP contribution in [0.3, 0.4) is 0 Å². The monoisotopic (exact) mass is 361 g/mol. The SMILES string of the molecule is CN(C)c1ccc(Nc2cc(-c3ccccc3)nc(NC(C)(C)C)n2)cc1. The Hall–Kier alpha value is -3.08. The molecule has 0 spiro atoms. The standard InChI is InChI=1S/C22H27N5/c1-22(2,3)26-21-24-19(16-9-7-6-8-10-16)15-20(25-21)23-17-11-13-18(14-12-17)27(4)5/h6-15H,1-5H3,(H2,23,24,25,26). The number of hydrogen-bond acceptors (Lipinski definition) is 5. The van der Waals surface area contributed by atoms with Crippen LogP contribution in [-0.4, -0.2) is 29.6 Å². The lowest BCUT2D eigenvalue weighted by atomic mass is 10.1. The molecule has 0 bridgehead atoms. The third kappa shape index (κ3) is 5.20. The van der Waals surface area contributed by atoms with E-state index in [1.54, 1.807) is 0 Å². The van der Waals surface area contributed by atoms with Gasteiger partial charge in [0.05, 0.1) is 5.69 Å². The Morgan fingerprint density at radius 1 is 0.852 bits per heavy atom. The van der Waals surface area contributed by atoms with Gasteiger partial charge in [-0.2, -0.15) is 4.98 Å². The van der Waals surface area contributed by atoms with E-state index in [0.29, 0.717) is 5.95 Å². The summed E-state index contributed by atoms with van der Waals surface area (Å²) in [4.78, 5) is 11.4. The van der Waals surface area contributed by atoms with E-state index in [9.17, 15) is 0 Å². The topological polar surface area (TPSA) is 53.1 Å². The van der Waals surface area contributed by atoms with Crippen molar-refractivity contribution < 1.29 is 0 Å². The predicted octanol–water partition coefficient (Wildman–Crippen LogP) is 5.16. The van der Waals surface area contributed by atoms with E-state index in [4.69, 9.17) is 4.98 Å². The van der Waals surface area contributed by atoms with Crippen LogP contribution >= 0.6 is 0 Å². The zero-order chi connectivity index (χ0) is 19.4. The maximum Gasteiger partial charge on any atom is 0.225 e. The summed E-state index contributed by atoms with van der Waals surface area (Å²) in [6.07, 6.45) is 0. The third-order valence-corrected chi connectivity index (χ3v) is 3.94. The van der Waals surface area contributed by atoms with Gasteiger partial charge >= 0.3 is 0 Å². The van der Waals surface area contributed by atoms with Gasteiger partial charge < -0.3 is 15.5 Å². The van der Waals surface area contributed by atoms with Crippen LogP contribution in [0.1, 0.15) is 20.8 Å². The quantitative estimate of drug-likeness (QED) is 0.657. The van der Waals surface area contributed by atoms with Crippen molar-refractivity contribution in [3.8, 4) is 11.3 Å². The number of hydrogen-bond donors (Lipinski definition) is 2. The zero-order valence-corrected chi connectivity index (χ0v) is 16.6. The van der Waals surface area contributed by atoms with Gasteiger partial charge in [0.25, 0.3) is 0 Å². The van der Waals surface area contributed by atoms with Crippen molar-refractivity contribution in [2.75, 3.05) is 29.6 Å². The molecule has 0 saturated carbocycles. The van der Waals surface area contributed by atoms with E-state index in [1.807, 2.05) is 38.4 Å². The second-order valence-electron chi connectivity index (χ2n) is 7.77. The minimum Gasteiger partial charge on any atom is -0.378 e. The fourth-order valence-corrected chi connectivity index (χ4v) is 2.65. The van der Waals surface area contributed by atoms with Crippen molar-refractivity contribution >= 4 is 23.1 Å². The summed E-state index contributed by atoms with van der Waals surface area (Å²) in [7, 11) is 4.06. The number of rotatable bonds is 5. The fraction of sp³-hybridized carbons (Fsp3) is 0.273. The first-order chi connectivity index (χ1) is 12.8. The molecule has 0 aliphatic rings. The Morgan fingerprint density at radius 2 is 1.52 bits per heavy atom. The highest BCUT2D eigenvalue weighted by molar-refractivity contribution is 5.68. The lowest BCUT2D eigenvalue weighted by molar-refractivity contribution is 0.626. The van der Waals surface area contributed by atoms with Crippen molar-refractivity contribution in [1.82, 2.24) is 9.97 Å². The normalized spacial score (nSPS) is 11.1. The maximum atomic E-state index is 4.70. The van der Waals surface area contributed by atoms with E-state index in [0.717, 1.165) is 28.5 Å². The van der Waals surface area contributed by atoms with Crippen LogP contribution in [0.25, 0.3) is 11.3 Å². The molecular weight excluding hydrogens is 334 g/mol. The van der Waals surface area contributed by atoms with Crippen LogP contribution in [0.4, 0.5) is 23.1 Å². The van der Waals surface area contributed by atoms with Crippen LogP contribution in [0.5, 0.6) is 0 Å². The zero-order valence-electron chi connectivity index (χ0n) is 16.6. The molecule has 0 atom stereocenters.